The highest BCUT2D eigenvalue weighted by Gasteiger charge is 2.27. The van der Waals surface area contributed by atoms with Crippen molar-refractivity contribution in [3.63, 3.8) is 0 Å². The molecule has 1 aliphatic rings. The summed E-state index contributed by atoms with van der Waals surface area (Å²) in [6.45, 7) is 7.59. The predicted octanol–water partition coefficient (Wildman–Crippen LogP) is 2.73. The van der Waals surface area contributed by atoms with Gasteiger partial charge in [-0.3, -0.25) is 0 Å². The molecule has 1 unspecified atom stereocenters. The van der Waals surface area contributed by atoms with Gasteiger partial charge < -0.3 is 10.6 Å². The standard InChI is InChI=1S/C14H23N3/c1-10(2)17(9-12-6-7-12)14-13(11(3)15)5-4-8-16-14/h4-5,8,10-12H,6-7,9,15H2,1-3H3. The summed E-state index contributed by atoms with van der Waals surface area (Å²) in [5.41, 5.74) is 7.19. The van der Waals surface area contributed by atoms with E-state index in [-0.39, 0.29) is 6.04 Å². The molecule has 2 rings (SSSR count). The third kappa shape index (κ3) is 2.97. The molecule has 0 saturated heterocycles. The van der Waals surface area contributed by atoms with Crippen LogP contribution in [0.2, 0.25) is 0 Å². The van der Waals surface area contributed by atoms with Crippen LogP contribution in [0.5, 0.6) is 0 Å². The molecule has 1 atom stereocenters. The molecule has 94 valence electrons. The molecule has 0 aliphatic heterocycles. The molecule has 0 radical (unpaired) electrons. The largest absolute Gasteiger partial charge is 0.354 e. The lowest BCUT2D eigenvalue weighted by molar-refractivity contribution is 0.628. The van der Waals surface area contributed by atoms with Crippen molar-refractivity contribution < 1.29 is 0 Å². The highest BCUT2D eigenvalue weighted by Crippen LogP contribution is 2.33. The van der Waals surface area contributed by atoms with Gasteiger partial charge in [-0.25, -0.2) is 4.98 Å². The van der Waals surface area contributed by atoms with Gasteiger partial charge in [-0.1, -0.05) is 6.07 Å². The SMILES string of the molecule is CC(N)c1cccnc1N(CC1CC1)C(C)C. The van der Waals surface area contributed by atoms with Crippen molar-refractivity contribution in [1.29, 1.82) is 0 Å². The van der Waals surface area contributed by atoms with Crippen molar-refractivity contribution in [2.45, 2.75) is 45.7 Å². The Kier molecular flexibility index (Phi) is 3.67. The van der Waals surface area contributed by atoms with Crippen LogP contribution in [0.25, 0.3) is 0 Å². The van der Waals surface area contributed by atoms with Crippen molar-refractivity contribution in [2.24, 2.45) is 11.7 Å². The Morgan fingerprint density at radius 2 is 2.12 bits per heavy atom. The van der Waals surface area contributed by atoms with Gasteiger partial charge in [0, 0.05) is 30.4 Å². The van der Waals surface area contributed by atoms with Gasteiger partial charge >= 0.3 is 0 Å². The Morgan fingerprint density at radius 3 is 2.65 bits per heavy atom. The number of nitrogens with two attached hydrogens (primary N) is 1. The molecule has 2 N–H and O–H groups in total. The van der Waals surface area contributed by atoms with E-state index >= 15 is 0 Å². The highest BCUT2D eigenvalue weighted by molar-refractivity contribution is 5.49. The maximum Gasteiger partial charge on any atom is 0.133 e. The van der Waals surface area contributed by atoms with Gasteiger partial charge in [0.1, 0.15) is 5.82 Å². The minimum absolute atomic E-state index is 0.0409. The van der Waals surface area contributed by atoms with Crippen LogP contribution < -0.4 is 10.6 Å². The number of hydrogen-bond donors (Lipinski definition) is 1. The maximum absolute atomic E-state index is 6.03. The minimum Gasteiger partial charge on any atom is -0.354 e. The van der Waals surface area contributed by atoms with Gasteiger partial charge in [0.2, 0.25) is 0 Å². The Hall–Kier alpha value is -1.09. The molecule has 0 aromatic carbocycles. The van der Waals surface area contributed by atoms with Crippen LogP contribution in [0.1, 0.15) is 45.2 Å². The molecule has 3 heteroatoms. The zero-order valence-corrected chi connectivity index (χ0v) is 11.1. The van der Waals surface area contributed by atoms with E-state index in [1.165, 1.54) is 12.8 Å². The van der Waals surface area contributed by atoms with E-state index in [2.05, 4.69) is 29.8 Å². The summed E-state index contributed by atoms with van der Waals surface area (Å²) >= 11 is 0. The van der Waals surface area contributed by atoms with Crippen LogP contribution in [0, 0.1) is 5.92 Å². The molecule has 0 spiro atoms. The second kappa shape index (κ2) is 5.05. The Morgan fingerprint density at radius 1 is 1.41 bits per heavy atom. The van der Waals surface area contributed by atoms with Crippen molar-refractivity contribution in [3.05, 3.63) is 23.9 Å². The summed E-state index contributed by atoms with van der Waals surface area (Å²) in [6, 6.07) is 4.58. The zero-order valence-electron chi connectivity index (χ0n) is 11.1. The first-order valence-electron chi connectivity index (χ1n) is 6.56. The quantitative estimate of drug-likeness (QED) is 0.850. The van der Waals surface area contributed by atoms with Crippen molar-refractivity contribution in [3.8, 4) is 0 Å². The minimum atomic E-state index is 0.0409. The van der Waals surface area contributed by atoms with E-state index in [1.807, 2.05) is 19.2 Å². The Bertz CT molecular complexity index is 369. The summed E-state index contributed by atoms with van der Waals surface area (Å²) < 4.78 is 0. The van der Waals surface area contributed by atoms with Gasteiger partial charge in [-0.05, 0) is 45.6 Å². The second-order valence-electron chi connectivity index (χ2n) is 5.39. The van der Waals surface area contributed by atoms with Crippen LogP contribution in [0.4, 0.5) is 5.82 Å². The van der Waals surface area contributed by atoms with Crippen LogP contribution in [-0.2, 0) is 0 Å². The first-order chi connectivity index (χ1) is 8.09. The number of rotatable bonds is 5. The Balaban J connectivity index is 2.27. The van der Waals surface area contributed by atoms with E-state index in [4.69, 9.17) is 5.73 Å². The molecule has 1 fully saturated rings. The third-order valence-corrected chi connectivity index (χ3v) is 3.35. The lowest BCUT2D eigenvalue weighted by atomic mass is 10.1. The summed E-state index contributed by atoms with van der Waals surface area (Å²) in [7, 11) is 0. The van der Waals surface area contributed by atoms with Gasteiger partial charge in [-0.2, -0.15) is 0 Å². The van der Waals surface area contributed by atoms with Gasteiger partial charge in [0.25, 0.3) is 0 Å². The molecule has 3 nitrogen and oxygen atoms in total. The topological polar surface area (TPSA) is 42.1 Å². The van der Waals surface area contributed by atoms with Crippen LogP contribution in [0.3, 0.4) is 0 Å². The van der Waals surface area contributed by atoms with Crippen LogP contribution >= 0.6 is 0 Å². The average Bonchev–Trinajstić information content (AvgIpc) is 3.09. The van der Waals surface area contributed by atoms with Crippen LogP contribution in [-0.4, -0.2) is 17.6 Å². The first-order valence-corrected chi connectivity index (χ1v) is 6.56. The summed E-state index contributed by atoms with van der Waals surface area (Å²) in [4.78, 5) is 6.95. The number of nitrogens with zero attached hydrogens (tertiary/aromatic N) is 2. The molecule has 0 amide bonds. The van der Waals surface area contributed by atoms with Crippen molar-refractivity contribution in [1.82, 2.24) is 4.98 Å². The van der Waals surface area contributed by atoms with Gasteiger partial charge in [0.05, 0.1) is 0 Å². The molecular weight excluding hydrogens is 210 g/mol. The molecule has 1 heterocycles. The molecular formula is C14H23N3. The van der Waals surface area contributed by atoms with Crippen molar-refractivity contribution >= 4 is 5.82 Å². The lowest BCUT2D eigenvalue weighted by Gasteiger charge is -2.30. The van der Waals surface area contributed by atoms with Gasteiger partial charge in [-0.15, -0.1) is 0 Å². The number of hydrogen-bond acceptors (Lipinski definition) is 3. The summed E-state index contributed by atoms with van der Waals surface area (Å²) in [6.07, 6.45) is 4.59. The number of aromatic nitrogens is 1. The fourth-order valence-corrected chi connectivity index (χ4v) is 2.13. The third-order valence-electron chi connectivity index (χ3n) is 3.35. The van der Waals surface area contributed by atoms with E-state index in [0.29, 0.717) is 6.04 Å². The smallest absolute Gasteiger partial charge is 0.133 e. The zero-order chi connectivity index (χ0) is 12.4. The molecule has 1 aromatic rings. The van der Waals surface area contributed by atoms with Crippen molar-refractivity contribution in [2.75, 3.05) is 11.4 Å². The van der Waals surface area contributed by atoms with E-state index in [0.717, 1.165) is 23.8 Å². The molecule has 1 saturated carbocycles. The van der Waals surface area contributed by atoms with E-state index in [1.54, 1.807) is 0 Å². The monoisotopic (exact) mass is 233 g/mol. The molecule has 17 heavy (non-hydrogen) atoms. The normalized spacial score (nSPS) is 17.2. The molecule has 1 aromatic heterocycles. The van der Waals surface area contributed by atoms with Crippen LogP contribution in [0.15, 0.2) is 18.3 Å². The molecule has 0 bridgehead atoms. The number of pyridine rings is 1. The fraction of sp³-hybridized carbons (Fsp3) is 0.643. The van der Waals surface area contributed by atoms with E-state index < -0.39 is 0 Å². The summed E-state index contributed by atoms with van der Waals surface area (Å²) in [5, 5.41) is 0. The first kappa shape index (κ1) is 12.4. The number of anilines is 1. The van der Waals surface area contributed by atoms with E-state index in [9.17, 15) is 0 Å². The maximum atomic E-state index is 6.03. The Labute approximate surface area is 104 Å². The summed E-state index contributed by atoms with van der Waals surface area (Å²) in [5.74, 6) is 1.93. The van der Waals surface area contributed by atoms with Gasteiger partial charge in [0.15, 0.2) is 0 Å². The lowest BCUT2D eigenvalue weighted by Crippen LogP contribution is -2.34. The highest BCUT2D eigenvalue weighted by atomic mass is 15.2. The average molecular weight is 233 g/mol. The second-order valence-corrected chi connectivity index (χ2v) is 5.39. The predicted molar refractivity (Wildman–Crippen MR) is 72.0 cm³/mol. The molecule has 1 aliphatic carbocycles. The fourth-order valence-electron chi connectivity index (χ4n) is 2.13.